The van der Waals surface area contributed by atoms with E-state index in [0.717, 1.165) is 11.1 Å². The third-order valence-corrected chi connectivity index (χ3v) is 2.42. The summed E-state index contributed by atoms with van der Waals surface area (Å²) in [6.45, 7) is 2.36. The average molecular weight is 242 g/mol. The SMILES string of the molecule is Cc1cccc(CO/N=[C]\c2ccccc2F)c1. The van der Waals surface area contributed by atoms with Crippen LogP contribution in [-0.4, -0.2) is 6.21 Å². The number of nitrogens with zero attached hydrogens (tertiary/aromatic N) is 1. The Morgan fingerprint density at radius 1 is 1.17 bits per heavy atom. The largest absolute Gasteiger partial charge is 0.390 e. The van der Waals surface area contributed by atoms with Crippen molar-refractivity contribution in [2.24, 2.45) is 5.16 Å². The highest BCUT2D eigenvalue weighted by Gasteiger charge is 1.97. The molecule has 2 nitrogen and oxygen atoms in total. The molecule has 0 bridgehead atoms. The third kappa shape index (κ3) is 3.42. The fraction of sp³-hybridized carbons (Fsp3) is 0.133. The molecule has 0 spiro atoms. The number of halogens is 1. The molecular weight excluding hydrogens is 229 g/mol. The summed E-state index contributed by atoms with van der Waals surface area (Å²) in [6.07, 6.45) is 2.53. The van der Waals surface area contributed by atoms with Gasteiger partial charge in [-0.25, -0.2) is 4.39 Å². The van der Waals surface area contributed by atoms with E-state index in [4.69, 9.17) is 4.84 Å². The lowest BCUT2D eigenvalue weighted by Crippen LogP contribution is -1.90. The van der Waals surface area contributed by atoms with E-state index in [1.54, 1.807) is 18.2 Å². The second-order valence-electron chi connectivity index (χ2n) is 3.95. The molecule has 1 radical (unpaired) electrons. The van der Waals surface area contributed by atoms with Crippen LogP contribution in [0.15, 0.2) is 53.7 Å². The summed E-state index contributed by atoms with van der Waals surface area (Å²) in [5.41, 5.74) is 2.48. The van der Waals surface area contributed by atoms with Crippen molar-refractivity contribution >= 4 is 6.21 Å². The first-order chi connectivity index (χ1) is 8.75. The van der Waals surface area contributed by atoms with Gasteiger partial charge in [0.2, 0.25) is 0 Å². The molecule has 0 aromatic heterocycles. The highest BCUT2D eigenvalue weighted by Crippen LogP contribution is 2.06. The number of aryl methyl sites for hydroxylation is 1. The zero-order chi connectivity index (χ0) is 12.8. The monoisotopic (exact) mass is 242 g/mol. The molecule has 0 N–H and O–H groups in total. The van der Waals surface area contributed by atoms with Crippen LogP contribution in [-0.2, 0) is 11.4 Å². The zero-order valence-corrected chi connectivity index (χ0v) is 10.1. The quantitative estimate of drug-likeness (QED) is 0.593. The van der Waals surface area contributed by atoms with E-state index >= 15 is 0 Å². The lowest BCUT2D eigenvalue weighted by Gasteiger charge is -2.00. The van der Waals surface area contributed by atoms with Crippen molar-refractivity contribution in [2.45, 2.75) is 13.5 Å². The minimum absolute atomic E-state index is 0.293. The summed E-state index contributed by atoms with van der Waals surface area (Å²) in [4.78, 5) is 5.08. The van der Waals surface area contributed by atoms with Gasteiger partial charge in [0.05, 0.1) is 0 Å². The number of benzene rings is 2. The van der Waals surface area contributed by atoms with E-state index in [0.29, 0.717) is 12.2 Å². The van der Waals surface area contributed by atoms with Gasteiger partial charge in [0.15, 0.2) is 0 Å². The predicted molar refractivity (Wildman–Crippen MR) is 68.9 cm³/mol. The highest BCUT2D eigenvalue weighted by molar-refractivity contribution is 5.79. The van der Waals surface area contributed by atoms with E-state index in [9.17, 15) is 4.39 Å². The lowest BCUT2D eigenvalue weighted by atomic mass is 10.1. The predicted octanol–water partition coefficient (Wildman–Crippen LogP) is 3.56. The number of hydrogen-bond donors (Lipinski definition) is 0. The summed E-state index contributed by atoms with van der Waals surface area (Å²) >= 11 is 0. The first-order valence-corrected chi connectivity index (χ1v) is 5.64. The van der Waals surface area contributed by atoms with Crippen molar-refractivity contribution in [1.82, 2.24) is 0 Å². The van der Waals surface area contributed by atoms with Crippen LogP contribution in [0.4, 0.5) is 4.39 Å². The van der Waals surface area contributed by atoms with Gasteiger partial charge in [0.25, 0.3) is 0 Å². The first-order valence-electron chi connectivity index (χ1n) is 5.64. The Hall–Kier alpha value is -2.16. The molecule has 0 atom stereocenters. The Balaban J connectivity index is 1.91. The van der Waals surface area contributed by atoms with Crippen LogP contribution in [0.3, 0.4) is 0 Å². The van der Waals surface area contributed by atoms with Crippen LogP contribution in [0.2, 0.25) is 0 Å². The van der Waals surface area contributed by atoms with Gasteiger partial charge < -0.3 is 4.84 Å². The lowest BCUT2D eigenvalue weighted by molar-refractivity contribution is 0.132. The second kappa shape index (κ2) is 5.96. The summed E-state index contributed by atoms with van der Waals surface area (Å²) in [6, 6.07) is 14.2. The van der Waals surface area contributed by atoms with Crippen molar-refractivity contribution in [3.8, 4) is 0 Å². The van der Waals surface area contributed by atoms with Gasteiger partial charge in [-0.2, -0.15) is 0 Å². The maximum atomic E-state index is 13.2. The number of rotatable bonds is 4. The normalized spacial score (nSPS) is 10.8. The Labute approximate surface area is 106 Å². The Morgan fingerprint density at radius 3 is 2.78 bits per heavy atom. The standard InChI is InChI=1S/C15H13FNO/c1-12-5-4-6-13(9-12)11-18-17-10-14-7-2-3-8-15(14)16/h2-9H,11H2,1H3. The molecule has 2 rings (SSSR count). The van der Waals surface area contributed by atoms with E-state index in [1.807, 2.05) is 31.2 Å². The van der Waals surface area contributed by atoms with Crippen LogP contribution in [0.25, 0.3) is 0 Å². The molecule has 0 amide bonds. The molecule has 0 unspecified atom stereocenters. The topological polar surface area (TPSA) is 21.6 Å². The molecular formula is C15H13FNO. The second-order valence-corrected chi connectivity index (χ2v) is 3.95. The molecule has 2 aromatic carbocycles. The van der Waals surface area contributed by atoms with Crippen molar-refractivity contribution in [2.75, 3.05) is 0 Å². The third-order valence-electron chi connectivity index (χ3n) is 2.42. The molecule has 18 heavy (non-hydrogen) atoms. The minimum atomic E-state index is -0.361. The van der Waals surface area contributed by atoms with E-state index in [-0.39, 0.29) is 5.82 Å². The van der Waals surface area contributed by atoms with E-state index in [1.165, 1.54) is 6.07 Å². The van der Waals surface area contributed by atoms with Crippen LogP contribution < -0.4 is 0 Å². The van der Waals surface area contributed by atoms with Gasteiger partial charge in [-0.05, 0) is 24.6 Å². The van der Waals surface area contributed by atoms with Gasteiger partial charge in [0, 0.05) is 5.56 Å². The molecule has 0 saturated heterocycles. The summed E-state index contributed by atoms with van der Waals surface area (Å²) in [7, 11) is 0. The van der Waals surface area contributed by atoms with Gasteiger partial charge in [-0.15, -0.1) is 0 Å². The molecule has 0 aliphatic carbocycles. The molecule has 2 aromatic rings. The van der Waals surface area contributed by atoms with Crippen molar-refractivity contribution in [3.63, 3.8) is 0 Å². The van der Waals surface area contributed by atoms with Crippen LogP contribution >= 0.6 is 0 Å². The summed E-state index contributed by atoms with van der Waals surface area (Å²) in [5, 5.41) is 3.64. The van der Waals surface area contributed by atoms with Crippen LogP contribution in [0.1, 0.15) is 16.7 Å². The van der Waals surface area contributed by atoms with Crippen LogP contribution in [0, 0.1) is 12.7 Å². The summed E-state index contributed by atoms with van der Waals surface area (Å²) in [5.74, 6) is -0.361. The van der Waals surface area contributed by atoms with Gasteiger partial charge >= 0.3 is 0 Å². The van der Waals surface area contributed by atoms with Crippen molar-refractivity contribution < 1.29 is 9.23 Å². The van der Waals surface area contributed by atoms with Gasteiger partial charge in [-0.3, -0.25) is 0 Å². The zero-order valence-electron chi connectivity index (χ0n) is 10.1. The average Bonchev–Trinajstić information content (AvgIpc) is 2.37. The maximum absolute atomic E-state index is 13.2. The number of hydrogen-bond acceptors (Lipinski definition) is 2. The molecule has 91 valence electrons. The van der Waals surface area contributed by atoms with Crippen molar-refractivity contribution in [3.05, 3.63) is 71.0 Å². The molecule has 0 fully saturated rings. The van der Waals surface area contributed by atoms with Gasteiger partial charge in [-0.1, -0.05) is 47.1 Å². The fourth-order valence-electron chi connectivity index (χ4n) is 1.54. The van der Waals surface area contributed by atoms with Crippen molar-refractivity contribution in [1.29, 1.82) is 0 Å². The maximum Gasteiger partial charge on any atom is 0.142 e. The van der Waals surface area contributed by atoms with E-state index < -0.39 is 0 Å². The Kier molecular flexibility index (Phi) is 4.07. The smallest absolute Gasteiger partial charge is 0.142 e. The molecule has 0 aliphatic rings. The first kappa shape index (κ1) is 12.3. The highest BCUT2D eigenvalue weighted by atomic mass is 19.1. The summed E-state index contributed by atoms with van der Waals surface area (Å²) < 4.78 is 13.2. The van der Waals surface area contributed by atoms with Crippen LogP contribution in [0.5, 0.6) is 0 Å². The Bertz CT molecular complexity index is 552. The minimum Gasteiger partial charge on any atom is -0.390 e. The molecule has 0 aliphatic heterocycles. The molecule has 3 heteroatoms. The fourth-order valence-corrected chi connectivity index (χ4v) is 1.54. The molecule has 0 saturated carbocycles. The Morgan fingerprint density at radius 2 is 2.00 bits per heavy atom. The molecule has 0 heterocycles. The van der Waals surface area contributed by atoms with Gasteiger partial charge in [0.1, 0.15) is 18.6 Å². The van der Waals surface area contributed by atoms with E-state index in [2.05, 4.69) is 11.4 Å².